The lowest BCUT2D eigenvalue weighted by molar-refractivity contribution is 0.372. The van der Waals surface area contributed by atoms with Crippen molar-refractivity contribution in [1.29, 1.82) is 0 Å². The minimum Gasteiger partial charge on any atom is -0.357 e. The van der Waals surface area contributed by atoms with Crippen molar-refractivity contribution >= 4 is 22.6 Å². The first-order valence-corrected chi connectivity index (χ1v) is 10.0. The minimum absolute atomic E-state index is 0.768. The van der Waals surface area contributed by atoms with E-state index in [-0.39, 0.29) is 0 Å². The molecule has 0 aromatic carbocycles. The second-order valence-corrected chi connectivity index (χ2v) is 7.06. The van der Waals surface area contributed by atoms with Gasteiger partial charge in [0.05, 0.1) is 6.20 Å². The largest absolute Gasteiger partial charge is 0.357 e. The molecule has 2 aromatic rings. The maximum Gasteiger partial charge on any atom is 0.205 e. The predicted octanol–water partition coefficient (Wildman–Crippen LogP) is 1.16. The van der Waals surface area contributed by atoms with Crippen molar-refractivity contribution in [3.63, 3.8) is 0 Å². The van der Waals surface area contributed by atoms with Gasteiger partial charge in [0.15, 0.2) is 5.96 Å². The molecule has 0 amide bonds. The van der Waals surface area contributed by atoms with Gasteiger partial charge in [0.1, 0.15) is 5.82 Å². The molecule has 3 rings (SSSR count). The molecule has 1 saturated heterocycles. The number of nitrogens with one attached hydrogen (secondary N) is 1. The molecule has 0 bridgehead atoms. The normalized spacial score (nSPS) is 15.6. The van der Waals surface area contributed by atoms with Crippen molar-refractivity contribution in [2.75, 3.05) is 44.2 Å². The zero-order valence-corrected chi connectivity index (χ0v) is 16.7. The number of guanidine groups is 1. The molecule has 0 aliphatic carbocycles. The summed E-state index contributed by atoms with van der Waals surface area (Å²) in [5.41, 5.74) is 1.22. The molecule has 0 saturated carbocycles. The van der Waals surface area contributed by atoms with E-state index < -0.39 is 0 Å². The van der Waals surface area contributed by atoms with Crippen LogP contribution in [0.15, 0.2) is 17.4 Å². The Morgan fingerprint density at radius 2 is 2.08 bits per heavy atom. The van der Waals surface area contributed by atoms with E-state index in [9.17, 15) is 0 Å². The summed E-state index contributed by atoms with van der Waals surface area (Å²) in [6.07, 6.45) is 5.76. The van der Waals surface area contributed by atoms with Crippen LogP contribution in [0.3, 0.4) is 0 Å². The minimum atomic E-state index is 0.768. The molecule has 142 valence electrons. The maximum absolute atomic E-state index is 4.81. The molecule has 26 heavy (non-hydrogen) atoms. The van der Waals surface area contributed by atoms with Gasteiger partial charge < -0.3 is 15.1 Å². The average Bonchev–Trinajstić information content (AvgIpc) is 3.30. The maximum atomic E-state index is 4.81. The Labute approximate surface area is 159 Å². The fourth-order valence-electron chi connectivity index (χ4n) is 2.94. The first kappa shape index (κ1) is 18.6. The highest BCUT2D eigenvalue weighted by Crippen LogP contribution is 2.19. The van der Waals surface area contributed by atoms with Gasteiger partial charge in [-0.05, 0) is 18.9 Å². The predicted molar refractivity (Wildman–Crippen MR) is 106 cm³/mol. The fourth-order valence-corrected chi connectivity index (χ4v) is 3.75. The number of anilines is 1. The second kappa shape index (κ2) is 8.98. The van der Waals surface area contributed by atoms with Crippen LogP contribution >= 0.6 is 11.5 Å². The standard InChI is InChI=1S/C17H28N8S/c1-4-15-21-17(26-22-15)25-10-8-24(9-11-25)16(18-5-2)19-7-6-14-12-20-23(3)13-14/h12-13H,4-11H2,1-3H3,(H,18,19). The van der Waals surface area contributed by atoms with Crippen LogP contribution < -0.4 is 10.2 Å². The highest BCUT2D eigenvalue weighted by Gasteiger charge is 2.21. The summed E-state index contributed by atoms with van der Waals surface area (Å²) in [6, 6.07) is 0. The second-order valence-electron chi connectivity index (χ2n) is 6.33. The fraction of sp³-hybridized carbons (Fsp3) is 0.647. The van der Waals surface area contributed by atoms with Gasteiger partial charge in [-0.1, -0.05) is 6.92 Å². The van der Waals surface area contributed by atoms with Crippen molar-refractivity contribution in [2.24, 2.45) is 12.0 Å². The highest BCUT2D eigenvalue weighted by atomic mass is 32.1. The molecule has 3 heterocycles. The molecule has 8 nitrogen and oxygen atoms in total. The van der Waals surface area contributed by atoms with Gasteiger partial charge in [-0.15, -0.1) is 0 Å². The van der Waals surface area contributed by atoms with E-state index in [1.165, 1.54) is 17.1 Å². The summed E-state index contributed by atoms with van der Waals surface area (Å²) in [4.78, 5) is 14.1. The molecular formula is C17H28N8S. The lowest BCUT2D eigenvalue weighted by Crippen LogP contribution is -2.52. The molecule has 0 radical (unpaired) electrons. The van der Waals surface area contributed by atoms with E-state index in [1.54, 1.807) is 0 Å². The SMILES string of the molecule is CCNC(=NCCc1cnn(C)c1)N1CCN(c2nc(CC)ns2)CC1. The third-order valence-corrected chi connectivity index (χ3v) is 5.19. The molecular weight excluding hydrogens is 348 g/mol. The number of piperazine rings is 1. The van der Waals surface area contributed by atoms with Crippen molar-refractivity contribution in [3.05, 3.63) is 23.8 Å². The van der Waals surface area contributed by atoms with Crippen molar-refractivity contribution in [2.45, 2.75) is 26.7 Å². The molecule has 1 aliphatic heterocycles. The van der Waals surface area contributed by atoms with Crippen LogP contribution in [0, 0.1) is 0 Å². The van der Waals surface area contributed by atoms with E-state index in [0.29, 0.717) is 0 Å². The monoisotopic (exact) mass is 376 g/mol. The topological polar surface area (TPSA) is 74.5 Å². The highest BCUT2D eigenvalue weighted by molar-refractivity contribution is 7.09. The zero-order valence-electron chi connectivity index (χ0n) is 15.9. The van der Waals surface area contributed by atoms with Gasteiger partial charge in [-0.2, -0.15) is 9.47 Å². The van der Waals surface area contributed by atoms with Crippen LogP contribution in [0.5, 0.6) is 0 Å². The van der Waals surface area contributed by atoms with Crippen LogP contribution in [0.4, 0.5) is 5.13 Å². The van der Waals surface area contributed by atoms with Gasteiger partial charge in [-0.25, -0.2) is 4.98 Å². The third kappa shape index (κ3) is 4.72. The lowest BCUT2D eigenvalue weighted by atomic mass is 10.2. The number of hydrogen-bond donors (Lipinski definition) is 1. The Balaban J connectivity index is 1.54. The Bertz CT molecular complexity index is 714. The number of nitrogens with zero attached hydrogens (tertiary/aromatic N) is 7. The van der Waals surface area contributed by atoms with E-state index in [4.69, 9.17) is 4.99 Å². The van der Waals surface area contributed by atoms with E-state index >= 15 is 0 Å². The van der Waals surface area contributed by atoms with Crippen LogP contribution in [0.2, 0.25) is 0 Å². The number of aliphatic imine (C=N–C) groups is 1. The summed E-state index contributed by atoms with van der Waals surface area (Å²) in [6.45, 7) is 9.64. The summed E-state index contributed by atoms with van der Waals surface area (Å²) >= 11 is 1.51. The van der Waals surface area contributed by atoms with E-state index in [1.807, 2.05) is 24.1 Å². The Morgan fingerprint density at radius 3 is 2.69 bits per heavy atom. The number of aryl methyl sites for hydroxylation is 2. The molecule has 9 heteroatoms. The smallest absolute Gasteiger partial charge is 0.205 e. The Kier molecular flexibility index (Phi) is 6.43. The summed E-state index contributed by atoms with van der Waals surface area (Å²) in [5, 5.41) is 8.68. The van der Waals surface area contributed by atoms with Crippen molar-refractivity contribution in [3.8, 4) is 0 Å². The Morgan fingerprint density at radius 1 is 1.27 bits per heavy atom. The van der Waals surface area contributed by atoms with Gasteiger partial charge in [-0.3, -0.25) is 9.67 Å². The third-order valence-electron chi connectivity index (χ3n) is 4.38. The van der Waals surface area contributed by atoms with Crippen LogP contribution in [-0.4, -0.2) is 69.3 Å². The summed E-state index contributed by atoms with van der Waals surface area (Å²) < 4.78 is 6.23. The first-order valence-electron chi connectivity index (χ1n) is 9.28. The van der Waals surface area contributed by atoms with E-state index in [2.05, 4.69) is 43.4 Å². The molecule has 0 atom stereocenters. The van der Waals surface area contributed by atoms with Crippen molar-refractivity contribution in [1.82, 2.24) is 29.4 Å². The van der Waals surface area contributed by atoms with Gasteiger partial charge in [0.2, 0.25) is 5.13 Å². The molecule has 1 N–H and O–H groups in total. The molecule has 0 unspecified atom stereocenters. The molecule has 0 spiro atoms. The van der Waals surface area contributed by atoms with Gasteiger partial charge in [0, 0.05) is 70.5 Å². The number of aromatic nitrogens is 4. The van der Waals surface area contributed by atoms with Crippen LogP contribution in [-0.2, 0) is 19.9 Å². The number of rotatable bonds is 6. The average molecular weight is 377 g/mol. The summed E-state index contributed by atoms with van der Waals surface area (Å²) in [5.74, 6) is 1.94. The van der Waals surface area contributed by atoms with E-state index in [0.717, 1.165) is 69.0 Å². The number of hydrogen-bond acceptors (Lipinski definition) is 6. The van der Waals surface area contributed by atoms with Gasteiger partial charge in [0.25, 0.3) is 0 Å². The van der Waals surface area contributed by atoms with Crippen LogP contribution in [0.25, 0.3) is 0 Å². The molecule has 1 aliphatic rings. The quantitative estimate of drug-likeness (QED) is 0.602. The van der Waals surface area contributed by atoms with Crippen molar-refractivity contribution < 1.29 is 0 Å². The first-order chi connectivity index (χ1) is 12.7. The molecule has 2 aromatic heterocycles. The van der Waals surface area contributed by atoms with Gasteiger partial charge >= 0.3 is 0 Å². The summed E-state index contributed by atoms with van der Waals surface area (Å²) in [7, 11) is 1.94. The molecule has 1 fully saturated rings. The van der Waals surface area contributed by atoms with Crippen LogP contribution in [0.1, 0.15) is 25.2 Å². The Hall–Kier alpha value is -2.16. The zero-order chi connectivity index (χ0) is 18.4. The lowest BCUT2D eigenvalue weighted by Gasteiger charge is -2.36.